The van der Waals surface area contributed by atoms with Crippen molar-refractivity contribution in [1.82, 2.24) is 14.5 Å². The zero-order valence-corrected chi connectivity index (χ0v) is 18.3. The number of sulfonamides is 1. The molecular formula is C21H23ClN4O4S. The molecule has 1 aliphatic heterocycles. The Morgan fingerprint density at radius 3 is 2.26 bits per heavy atom. The molecule has 1 heterocycles. The first-order chi connectivity index (χ1) is 14.8. The topological polar surface area (TPSA) is 98.8 Å². The molecule has 2 aromatic rings. The van der Waals surface area contributed by atoms with Gasteiger partial charge in [-0.15, -0.1) is 0 Å². The third-order valence-corrected chi connectivity index (χ3v) is 7.39. The van der Waals surface area contributed by atoms with Gasteiger partial charge in [0.2, 0.25) is 10.0 Å². The molecule has 0 bridgehead atoms. The van der Waals surface area contributed by atoms with Gasteiger partial charge in [-0.25, -0.2) is 13.2 Å². The SMILES string of the molecule is O=C(Nc1ccc(C(=O)N2CCN(S(=O)(=O)c3cccc(Cl)c3)CC2)cc1)NC1CC1. The second kappa shape index (κ2) is 8.86. The quantitative estimate of drug-likeness (QED) is 0.713. The number of benzene rings is 2. The van der Waals surface area contributed by atoms with Crippen LogP contribution in [-0.4, -0.2) is 61.8 Å². The highest BCUT2D eigenvalue weighted by Crippen LogP contribution is 2.22. The van der Waals surface area contributed by atoms with Crippen molar-refractivity contribution in [2.45, 2.75) is 23.8 Å². The molecule has 3 amide bonds. The van der Waals surface area contributed by atoms with E-state index in [0.29, 0.717) is 29.4 Å². The zero-order valence-electron chi connectivity index (χ0n) is 16.8. The molecule has 2 N–H and O–H groups in total. The molecule has 0 unspecified atom stereocenters. The average molecular weight is 463 g/mol. The van der Waals surface area contributed by atoms with Gasteiger partial charge in [0.1, 0.15) is 0 Å². The standard InChI is InChI=1S/C21H23ClN4O4S/c22-16-2-1-3-19(14-16)31(29,30)26-12-10-25(11-13-26)20(27)15-4-6-17(7-5-15)23-21(28)24-18-8-9-18/h1-7,14,18H,8-13H2,(H2,23,24,28). The summed E-state index contributed by atoms with van der Waals surface area (Å²) in [7, 11) is -3.66. The van der Waals surface area contributed by atoms with E-state index in [9.17, 15) is 18.0 Å². The zero-order chi connectivity index (χ0) is 22.0. The predicted octanol–water partition coefficient (Wildman–Crippen LogP) is 2.77. The molecule has 0 atom stereocenters. The fraction of sp³-hybridized carbons (Fsp3) is 0.333. The van der Waals surface area contributed by atoms with Crippen LogP contribution in [0.15, 0.2) is 53.4 Å². The van der Waals surface area contributed by atoms with Crippen LogP contribution in [0.2, 0.25) is 5.02 Å². The van der Waals surface area contributed by atoms with Gasteiger partial charge >= 0.3 is 6.03 Å². The van der Waals surface area contributed by atoms with Crippen molar-refractivity contribution in [2.24, 2.45) is 0 Å². The molecule has 1 aliphatic carbocycles. The van der Waals surface area contributed by atoms with Gasteiger partial charge in [0.05, 0.1) is 4.90 Å². The molecule has 1 saturated heterocycles. The van der Waals surface area contributed by atoms with Gasteiger partial charge in [-0.05, 0) is 55.3 Å². The van der Waals surface area contributed by atoms with Crippen LogP contribution in [0.25, 0.3) is 0 Å². The van der Waals surface area contributed by atoms with E-state index in [1.807, 2.05) is 0 Å². The first-order valence-corrected chi connectivity index (χ1v) is 11.9. The van der Waals surface area contributed by atoms with Crippen molar-refractivity contribution in [3.05, 3.63) is 59.1 Å². The largest absolute Gasteiger partial charge is 0.336 e. The van der Waals surface area contributed by atoms with Crippen molar-refractivity contribution in [3.63, 3.8) is 0 Å². The minimum absolute atomic E-state index is 0.147. The Balaban J connectivity index is 1.34. The molecule has 2 aromatic carbocycles. The Morgan fingerprint density at radius 2 is 1.65 bits per heavy atom. The molecular weight excluding hydrogens is 440 g/mol. The molecule has 8 nitrogen and oxygen atoms in total. The second-order valence-corrected chi connectivity index (χ2v) is 9.98. The van der Waals surface area contributed by atoms with Gasteiger partial charge in [0.25, 0.3) is 5.91 Å². The highest BCUT2D eigenvalue weighted by Gasteiger charge is 2.30. The van der Waals surface area contributed by atoms with Crippen LogP contribution in [0, 0.1) is 0 Å². The number of hydrogen-bond donors (Lipinski definition) is 2. The van der Waals surface area contributed by atoms with Gasteiger partial charge < -0.3 is 15.5 Å². The van der Waals surface area contributed by atoms with E-state index in [1.54, 1.807) is 41.3 Å². The Hall–Kier alpha value is -2.62. The van der Waals surface area contributed by atoms with Crippen molar-refractivity contribution in [1.29, 1.82) is 0 Å². The number of anilines is 1. The van der Waals surface area contributed by atoms with Gasteiger partial charge in [-0.2, -0.15) is 4.31 Å². The maximum atomic E-state index is 12.8. The van der Waals surface area contributed by atoms with E-state index in [0.717, 1.165) is 12.8 Å². The third-order valence-electron chi connectivity index (χ3n) is 5.26. The van der Waals surface area contributed by atoms with Crippen LogP contribution >= 0.6 is 11.6 Å². The summed E-state index contributed by atoms with van der Waals surface area (Å²) < 4.78 is 27.0. The summed E-state index contributed by atoms with van der Waals surface area (Å²) in [6.07, 6.45) is 2.02. The summed E-state index contributed by atoms with van der Waals surface area (Å²) in [4.78, 5) is 26.4. The molecule has 0 aromatic heterocycles. The van der Waals surface area contributed by atoms with Crippen LogP contribution in [0.5, 0.6) is 0 Å². The minimum atomic E-state index is -3.66. The van der Waals surface area contributed by atoms with E-state index < -0.39 is 10.0 Å². The number of carbonyl (C=O) groups is 2. The number of rotatable bonds is 5. The minimum Gasteiger partial charge on any atom is -0.336 e. The first kappa shape index (κ1) is 21.6. The Morgan fingerprint density at radius 1 is 0.968 bits per heavy atom. The van der Waals surface area contributed by atoms with Crippen LogP contribution in [0.3, 0.4) is 0 Å². The summed E-state index contributed by atoms with van der Waals surface area (Å²) in [5, 5.41) is 5.94. The lowest BCUT2D eigenvalue weighted by molar-refractivity contribution is 0.0698. The van der Waals surface area contributed by atoms with Crippen molar-refractivity contribution >= 4 is 39.2 Å². The fourth-order valence-electron chi connectivity index (χ4n) is 3.37. The predicted molar refractivity (Wildman–Crippen MR) is 118 cm³/mol. The lowest BCUT2D eigenvalue weighted by Gasteiger charge is -2.34. The molecule has 31 heavy (non-hydrogen) atoms. The number of amides is 3. The Labute approximate surface area is 186 Å². The summed E-state index contributed by atoms with van der Waals surface area (Å²) in [6.45, 7) is 1.01. The molecule has 0 spiro atoms. The van der Waals surface area contributed by atoms with Gasteiger partial charge in [0, 0.05) is 48.5 Å². The number of nitrogens with one attached hydrogen (secondary N) is 2. The highest BCUT2D eigenvalue weighted by atomic mass is 35.5. The molecule has 2 fully saturated rings. The molecule has 10 heteroatoms. The number of urea groups is 1. The Bertz CT molecular complexity index is 1080. The monoisotopic (exact) mass is 462 g/mol. The van der Waals surface area contributed by atoms with E-state index in [-0.39, 0.29) is 36.0 Å². The number of halogens is 1. The maximum absolute atomic E-state index is 12.8. The van der Waals surface area contributed by atoms with Gasteiger partial charge in [-0.3, -0.25) is 4.79 Å². The van der Waals surface area contributed by atoms with Gasteiger partial charge in [-0.1, -0.05) is 17.7 Å². The summed E-state index contributed by atoms with van der Waals surface area (Å²) in [5.74, 6) is -0.172. The molecule has 2 aliphatic rings. The smallest absolute Gasteiger partial charge is 0.319 e. The number of piperazine rings is 1. The number of hydrogen-bond acceptors (Lipinski definition) is 4. The fourth-order valence-corrected chi connectivity index (χ4v) is 5.09. The van der Waals surface area contributed by atoms with E-state index in [4.69, 9.17) is 11.6 Å². The van der Waals surface area contributed by atoms with Crippen LogP contribution in [0.4, 0.5) is 10.5 Å². The Kier molecular flexibility index (Phi) is 6.17. The van der Waals surface area contributed by atoms with Crippen LogP contribution in [-0.2, 0) is 10.0 Å². The lowest BCUT2D eigenvalue weighted by Crippen LogP contribution is -2.50. The van der Waals surface area contributed by atoms with Crippen molar-refractivity contribution in [3.8, 4) is 0 Å². The second-order valence-electron chi connectivity index (χ2n) is 7.60. The summed E-state index contributed by atoms with van der Waals surface area (Å²) in [5.41, 5.74) is 1.09. The first-order valence-electron chi connectivity index (χ1n) is 10.1. The number of nitrogens with zero attached hydrogens (tertiary/aromatic N) is 2. The third kappa shape index (κ3) is 5.17. The average Bonchev–Trinajstić information content (AvgIpc) is 3.58. The lowest BCUT2D eigenvalue weighted by atomic mass is 10.1. The van der Waals surface area contributed by atoms with Gasteiger partial charge in [0.15, 0.2) is 0 Å². The van der Waals surface area contributed by atoms with E-state index >= 15 is 0 Å². The normalized spacial score (nSPS) is 17.3. The maximum Gasteiger partial charge on any atom is 0.319 e. The van der Waals surface area contributed by atoms with Crippen LogP contribution in [0.1, 0.15) is 23.2 Å². The summed E-state index contributed by atoms with van der Waals surface area (Å²) in [6, 6.07) is 12.9. The van der Waals surface area contributed by atoms with Crippen molar-refractivity contribution < 1.29 is 18.0 Å². The molecule has 164 valence electrons. The molecule has 0 radical (unpaired) electrons. The molecule has 1 saturated carbocycles. The van der Waals surface area contributed by atoms with Crippen molar-refractivity contribution in [2.75, 3.05) is 31.5 Å². The van der Waals surface area contributed by atoms with E-state index in [2.05, 4.69) is 10.6 Å². The molecule has 4 rings (SSSR count). The summed E-state index contributed by atoms with van der Waals surface area (Å²) >= 11 is 5.92. The van der Waals surface area contributed by atoms with Crippen LogP contribution < -0.4 is 10.6 Å². The van der Waals surface area contributed by atoms with E-state index in [1.165, 1.54) is 16.4 Å². The highest BCUT2D eigenvalue weighted by molar-refractivity contribution is 7.89. The number of carbonyl (C=O) groups excluding carboxylic acids is 2.